The van der Waals surface area contributed by atoms with Gasteiger partial charge in [-0.25, -0.2) is 0 Å². The highest BCUT2D eigenvalue weighted by molar-refractivity contribution is 5.85. The molecule has 0 radical (unpaired) electrons. The van der Waals surface area contributed by atoms with Crippen LogP contribution in [-0.4, -0.2) is 25.0 Å². The summed E-state index contributed by atoms with van der Waals surface area (Å²) >= 11 is 0. The lowest BCUT2D eigenvalue weighted by atomic mass is 9.80. The Labute approximate surface area is 118 Å². The Balaban J connectivity index is 0.00000289. The standard InChI is InChI=1S/C14H28N2O.ClH/c1-11(14(2,3)4)10-13(17)16-9-7-12-6-5-8-15-12;/h11-12,15H,5-10H2,1-4H3,(H,16,17);1H/t11?,12-;/m1./s1. The molecule has 0 aliphatic carbocycles. The number of hydrogen-bond acceptors (Lipinski definition) is 2. The lowest BCUT2D eigenvalue weighted by Gasteiger charge is -2.26. The van der Waals surface area contributed by atoms with E-state index in [0.717, 1.165) is 19.5 Å². The molecule has 2 N–H and O–H groups in total. The first-order valence-corrected chi connectivity index (χ1v) is 6.89. The Morgan fingerprint density at radius 3 is 2.61 bits per heavy atom. The fourth-order valence-corrected chi connectivity index (χ4v) is 2.05. The molecule has 1 aliphatic rings. The Bertz CT molecular complexity index is 245. The SMILES string of the molecule is CC(CC(=O)NCC[C@H]1CCCN1)C(C)(C)C.Cl. The number of hydrogen-bond donors (Lipinski definition) is 2. The van der Waals surface area contributed by atoms with Gasteiger partial charge in [-0.05, 0) is 37.1 Å². The van der Waals surface area contributed by atoms with E-state index in [1.165, 1.54) is 12.8 Å². The molecule has 1 unspecified atom stereocenters. The minimum Gasteiger partial charge on any atom is -0.356 e. The molecule has 0 aromatic carbocycles. The molecular weight excluding hydrogens is 248 g/mol. The lowest BCUT2D eigenvalue weighted by Crippen LogP contribution is -2.32. The molecule has 108 valence electrons. The molecule has 1 heterocycles. The third-order valence-corrected chi connectivity index (χ3v) is 3.95. The van der Waals surface area contributed by atoms with Gasteiger partial charge in [-0.15, -0.1) is 12.4 Å². The van der Waals surface area contributed by atoms with Crippen molar-refractivity contribution in [3.05, 3.63) is 0 Å². The molecular formula is C14H29ClN2O. The summed E-state index contributed by atoms with van der Waals surface area (Å²) in [5.41, 5.74) is 0.213. The van der Waals surface area contributed by atoms with Crippen molar-refractivity contribution >= 4 is 18.3 Å². The third kappa shape index (κ3) is 6.60. The molecule has 2 atom stereocenters. The maximum atomic E-state index is 11.7. The molecule has 0 aromatic heterocycles. The number of nitrogens with one attached hydrogen (secondary N) is 2. The van der Waals surface area contributed by atoms with Crippen LogP contribution in [-0.2, 0) is 4.79 Å². The second-order valence-corrected chi connectivity index (χ2v) is 6.40. The van der Waals surface area contributed by atoms with Gasteiger partial charge in [-0.1, -0.05) is 27.7 Å². The minimum atomic E-state index is 0. The quantitative estimate of drug-likeness (QED) is 0.811. The van der Waals surface area contributed by atoms with Crippen LogP contribution in [0.25, 0.3) is 0 Å². The van der Waals surface area contributed by atoms with Gasteiger partial charge in [0.05, 0.1) is 0 Å². The van der Waals surface area contributed by atoms with Crippen LogP contribution in [0.5, 0.6) is 0 Å². The van der Waals surface area contributed by atoms with Gasteiger partial charge < -0.3 is 10.6 Å². The Kier molecular flexibility index (Phi) is 7.88. The van der Waals surface area contributed by atoms with Crippen LogP contribution in [0.4, 0.5) is 0 Å². The largest absolute Gasteiger partial charge is 0.356 e. The number of carbonyl (C=O) groups excluding carboxylic acids is 1. The van der Waals surface area contributed by atoms with Crippen LogP contribution in [0.3, 0.4) is 0 Å². The van der Waals surface area contributed by atoms with E-state index < -0.39 is 0 Å². The normalized spacial score (nSPS) is 21.2. The van der Waals surface area contributed by atoms with E-state index in [1.54, 1.807) is 0 Å². The summed E-state index contributed by atoms with van der Waals surface area (Å²) in [6.45, 7) is 10.7. The first-order valence-electron chi connectivity index (χ1n) is 6.89. The molecule has 1 fully saturated rings. The Morgan fingerprint density at radius 2 is 2.11 bits per heavy atom. The topological polar surface area (TPSA) is 41.1 Å². The number of halogens is 1. The first kappa shape index (κ1) is 17.7. The van der Waals surface area contributed by atoms with Crippen molar-refractivity contribution in [2.75, 3.05) is 13.1 Å². The van der Waals surface area contributed by atoms with Crippen LogP contribution in [0.15, 0.2) is 0 Å². The van der Waals surface area contributed by atoms with E-state index in [-0.39, 0.29) is 23.7 Å². The Morgan fingerprint density at radius 1 is 1.44 bits per heavy atom. The van der Waals surface area contributed by atoms with Crippen molar-refractivity contribution in [1.29, 1.82) is 0 Å². The van der Waals surface area contributed by atoms with Gasteiger partial charge in [-0.2, -0.15) is 0 Å². The molecule has 1 rings (SSSR count). The van der Waals surface area contributed by atoms with Gasteiger partial charge in [0.1, 0.15) is 0 Å². The average Bonchev–Trinajstić information content (AvgIpc) is 2.69. The van der Waals surface area contributed by atoms with E-state index in [9.17, 15) is 4.79 Å². The third-order valence-electron chi connectivity index (χ3n) is 3.95. The van der Waals surface area contributed by atoms with Crippen molar-refractivity contribution in [1.82, 2.24) is 10.6 Å². The summed E-state index contributed by atoms with van der Waals surface area (Å²) in [7, 11) is 0. The molecule has 1 aliphatic heterocycles. The second-order valence-electron chi connectivity index (χ2n) is 6.40. The molecule has 3 nitrogen and oxygen atoms in total. The van der Waals surface area contributed by atoms with E-state index in [0.29, 0.717) is 18.4 Å². The van der Waals surface area contributed by atoms with Crippen molar-refractivity contribution < 1.29 is 4.79 Å². The summed E-state index contributed by atoms with van der Waals surface area (Å²) in [5, 5.41) is 6.48. The highest BCUT2D eigenvalue weighted by Crippen LogP contribution is 2.27. The van der Waals surface area contributed by atoms with Gasteiger partial charge in [0.25, 0.3) is 0 Å². The van der Waals surface area contributed by atoms with Gasteiger partial charge in [0, 0.05) is 19.0 Å². The zero-order valence-electron chi connectivity index (χ0n) is 12.2. The van der Waals surface area contributed by atoms with E-state index in [1.807, 2.05) is 0 Å². The van der Waals surface area contributed by atoms with Crippen LogP contribution in [0.2, 0.25) is 0 Å². The molecule has 0 aromatic rings. The molecule has 1 amide bonds. The predicted octanol–water partition coefficient (Wildman–Crippen LogP) is 2.74. The summed E-state index contributed by atoms with van der Waals surface area (Å²) in [6.07, 6.45) is 4.24. The van der Waals surface area contributed by atoms with Gasteiger partial charge in [0.2, 0.25) is 5.91 Å². The zero-order valence-corrected chi connectivity index (χ0v) is 13.0. The monoisotopic (exact) mass is 276 g/mol. The van der Waals surface area contributed by atoms with Crippen molar-refractivity contribution in [2.45, 2.75) is 59.4 Å². The predicted molar refractivity (Wildman–Crippen MR) is 79.1 cm³/mol. The highest BCUT2D eigenvalue weighted by Gasteiger charge is 2.22. The van der Waals surface area contributed by atoms with Gasteiger partial charge >= 0.3 is 0 Å². The van der Waals surface area contributed by atoms with Crippen LogP contribution in [0.1, 0.15) is 53.4 Å². The number of rotatable bonds is 5. The van der Waals surface area contributed by atoms with Crippen LogP contribution in [0, 0.1) is 11.3 Å². The van der Waals surface area contributed by atoms with Gasteiger partial charge in [-0.3, -0.25) is 4.79 Å². The highest BCUT2D eigenvalue weighted by atomic mass is 35.5. The smallest absolute Gasteiger partial charge is 0.220 e. The summed E-state index contributed by atoms with van der Waals surface area (Å²) in [4.78, 5) is 11.7. The van der Waals surface area contributed by atoms with E-state index in [4.69, 9.17) is 0 Å². The van der Waals surface area contributed by atoms with Crippen molar-refractivity contribution in [2.24, 2.45) is 11.3 Å². The molecule has 0 spiro atoms. The van der Waals surface area contributed by atoms with E-state index >= 15 is 0 Å². The summed E-state index contributed by atoms with van der Waals surface area (Å²) in [6, 6.07) is 0.621. The van der Waals surface area contributed by atoms with Gasteiger partial charge in [0.15, 0.2) is 0 Å². The molecule has 1 saturated heterocycles. The minimum absolute atomic E-state index is 0. The molecule has 4 heteroatoms. The molecule has 0 saturated carbocycles. The van der Waals surface area contributed by atoms with Crippen molar-refractivity contribution in [3.63, 3.8) is 0 Å². The molecule has 0 bridgehead atoms. The summed E-state index contributed by atoms with van der Waals surface area (Å²) < 4.78 is 0. The average molecular weight is 277 g/mol. The van der Waals surface area contributed by atoms with Crippen LogP contribution >= 0.6 is 12.4 Å². The number of amides is 1. The van der Waals surface area contributed by atoms with Crippen LogP contribution < -0.4 is 10.6 Å². The first-order chi connectivity index (χ1) is 7.89. The van der Waals surface area contributed by atoms with E-state index in [2.05, 4.69) is 38.3 Å². The number of carbonyl (C=O) groups is 1. The summed E-state index contributed by atoms with van der Waals surface area (Å²) in [5.74, 6) is 0.623. The maximum Gasteiger partial charge on any atom is 0.220 e. The maximum absolute atomic E-state index is 11.7. The Hall–Kier alpha value is -0.280. The van der Waals surface area contributed by atoms with Crippen molar-refractivity contribution in [3.8, 4) is 0 Å². The fourth-order valence-electron chi connectivity index (χ4n) is 2.05. The lowest BCUT2D eigenvalue weighted by molar-refractivity contribution is -0.122. The second kappa shape index (κ2) is 8.00. The zero-order chi connectivity index (χ0) is 12.9. The molecule has 18 heavy (non-hydrogen) atoms. The fraction of sp³-hybridized carbons (Fsp3) is 0.929.